The molecule has 0 aromatic carbocycles. The Morgan fingerprint density at radius 2 is 1.81 bits per heavy atom. The highest BCUT2D eigenvalue weighted by Crippen LogP contribution is 2.36. The lowest BCUT2D eigenvalue weighted by atomic mass is 9.80. The van der Waals surface area contributed by atoms with Crippen LogP contribution < -0.4 is 10.8 Å². The first kappa shape index (κ1) is 15.8. The van der Waals surface area contributed by atoms with Crippen molar-refractivity contribution in [3.63, 3.8) is 0 Å². The average molecular weight is 291 g/mol. The van der Waals surface area contributed by atoms with E-state index in [-0.39, 0.29) is 6.03 Å². The molecular weight excluding hydrogens is 269 g/mol. The molecule has 0 saturated carbocycles. The molecule has 2 heterocycles. The Balaban J connectivity index is 2.18. The summed E-state index contributed by atoms with van der Waals surface area (Å²) in [5.41, 5.74) is 0.0415. The zero-order valence-electron chi connectivity index (χ0n) is 13.4. The van der Waals surface area contributed by atoms with Gasteiger partial charge < -0.3 is 14.2 Å². The second-order valence-corrected chi connectivity index (χ2v) is 6.39. The summed E-state index contributed by atoms with van der Waals surface area (Å²) in [6.07, 6.45) is 1.63. The molecule has 0 radical (unpaired) electrons. The summed E-state index contributed by atoms with van der Waals surface area (Å²) in [7, 11) is 2.88. The van der Waals surface area contributed by atoms with E-state index < -0.39 is 18.3 Å². The maximum atomic E-state index is 11.7. The van der Waals surface area contributed by atoms with E-state index in [0.717, 1.165) is 5.46 Å². The zero-order valence-corrected chi connectivity index (χ0v) is 13.4. The van der Waals surface area contributed by atoms with Gasteiger partial charge in [-0.25, -0.2) is 9.78 Å². The number of hydrogen-bond acceptors (Lipinski definition) is 4. The van der Waals surface area contributed by atoms with Gasteiger partial charge in [-0.05, 0) is 45.3 Å². The number of urea groups is 1. The van der Waals surface area contributed by atoms with Crippen LogP contribution in [0.5, 0.6) is 0 Å². The van der Waals surface area contributed by atoms with Crippen molar-refractivity contribution < 1.29 is 14.1 Å². The lowest BCUT2D eigenvalue weighted by Crippen LogP contribution is -2.41. The summed E-state index contributed by atoms with van der Waals surface area (Å²) >= 11 is 0. The summed E-state index contributed by atoms with van der Waals surface area (Å²) in [6, 6.07) is 3.37. The van der Waals surface area contributed by atoms with Gasteiger partial charge in [0.25, 0.3) is 0 Å². The number of carbonyl (C=O) groups excluding carboxylic acids is 1. The fourth-order valence-corrected chi connectivity index (χ4v) is 1.86. The van der Waals surface area contributed by atoms with Crippen LogP contribution in [-0.2, 0) is 9.31 Å². The molecule has 1 N–H and O–H groups in total. The maximum Gasteiger partial charge on any atom is 0.495 e. The van der Waals surface area contributed by atoms with Gasteiger partial charge in [-0.15, -0.1) is 0 Å². The monoisotopic (exact) mass is 291 g/mol. The lowest BCUT2D eigenvalue weighted by Gasteiger charge is -2.32. The third-order valence-electron chi connectivity index (χ3n) is 3.95. The van der Waals surface area contributed by atoms with Crippen molar-refractivity contribution in [2.75, 3.05) is 19.4 Å². The van der Waals surface area contributed by atoms with Crippen LogP contribution in [-0.4, -0.2) is 48.3 Å². The molecule has 1 aliphatic heterocycles. The van der Waals surface area contributed by atoms with Crippen molar-refractivity contribution in [2.24, 2.45) is 0 Å². The quantitative estimate of drug-likeness (QED) is 0.838. The van der Waals surface area contributed by atoms with Gasteiger partial charge in [0.2, 0.25) is 0 Å². The van der Waals surface area contributed by atoms with Crippen LogP contribution >= 0.6 is 0 Å². The SMILES string of the molecule is CN(C)C(=O)Nc1cc(B2OC(C)(C)C(C)(C)O2)ccn1. The number of carbonyl (C=O) groups is 1. The second kappa shape index (κ2) is 5.31. The van der Waals surface area contributed by atoms with Crippen LogP contribution in [0.4, 0.5) is 10.6 Å². The van der Waals surface area contributed by atoms with E-state index in [1.807, 2.05) is 33.8 Å². The van der Waals surface area contributed by atoms with E-state index in [9.17, 15) is 4.79 Å². The van der Waals surface area contributed by atoms with Crippen LogP contribution in [0.2, 0.25) is 0 Å². The largest absolute Gasteiger partial charge is 0.495 e. The summed E-state index contributed by atoms with van der Waals surface area (Å²) < 4.78 is 12.0. The fraction of sp³-hybridized carbons (Fsp3) is 0.571. The van der Waals surface area contributed by atoms with E-state index in [4.69, 9.17) is 9.31 Å². The molecule has 1 aromatic heterocycles. The normalized spacial score (nSPS) is 19.4. The van der Waals surface area contributed by atoms with Crippen LogP contribution in [0, 0.1) is 0 Å². The Kier molecular flexibility index (Phi) is 3.99. The molecule has 0 spiro atoms. The van der Waals surface area contributed by atoms with Crippen molar-refractivity contribution in [3.8, 4) is 0 Å². The summed E-state index contributed by atoms with van der Waals surface area (Å²) in [4.78, 5) is 17.2. The first-order chi connectivity index (χ1) is 9.62. The highest BCUT2D eigenvalue weighted by atomic mass is 16.7. The van der Waals surface area contributed by atoms with Gasteiger partial charge in [-0.2, -0.15) is 0 Å². The summed E-state index contributed by atoms with van der Waals surface area (Å²) in [5.74, 6) is 0.473. The van der Waals surface area contributed by atoms with Gasteiger partial charge in [0, 0.05) is 20.3 Å². The molecule has 21 heavy (non-hydrogen) atoms. The van der Waals surface area contributed by atoms with Crippen LogP contribution in [0.25, 0.3) is 0 Å². The van der Waals surface area contributed by atoms with Gasteiger partial charge in [-0.1, -0.05) is 0 Å². The van der Waals surface area contributed by atoms with E-state index >= 15 is 0 Å². The highest BCUT2D eigenvalue weighted by Gasteiger charge is 2.51. The predicted molar refractivity (Wildman–Crippen MR) is 82.7 cm³/mol. The van der Waals surface area contributed by atoms with Crippen molar-refractivity contribution in [1.29, 1.82) is 0 Å². The van der Waals surface area contributed by atoms with Gasteiger partial charge in [0.1, 0.15) is 5.82 Å². The maximum absolute atomic E-state index is 11.7. The zero-order chi connectivity index (χ0) is 15.8. The lowest BCUT2D eigenvalue weighted by molar-refractivity contribution is 0.00578. The molecule has 2 rings (SSSR count). The number of nitrogens with zero attached hydrogens (tertiary/aromatic N) is 2. The first-order valence-corrected chi connectivity index (χ1v) is 6.92. The molecular formula is C14H22BN3O3. The third-order valence-corrected chi connectivity index (χ3v) is 3.95. The number of amides is 2. The minimum atomic E-state index is -0.465. The molecule has 1 saturated heterocycles. The Morgan fingerprint density at radius 3 is 2.33 bits per heavy atom. The van der Waals surface area contributed by atoms with Crippen molar-refractivity contribution >= 4 is 24.4 Å². The summed E-state index contributed by atoms with van der Waals surface area (Å²) in [5, 5.41) is 2.71. The molecule has 1 aromatic rings. The highest BCUT2D eigenvalue weighted by molar-refractivity contribution is 6.62. The van der Waals surface area contributed by atoms with E-state index in [1.54, 1.807) is 26.4 Å². The molecule has 0 bridgehead atoms. The molecule has 0 aliphatic carbocycles. The van der Waals surface area contributed by atoms with Gasteiger partial charge in [-0.3, -0.25) is 5.32 Å². The Morgan fingerprint density at radius 1 is 1.24 bits per heavy atom. The molecule has 114 valence electrons. The van der Waals surface area contributed by atoms with Crippen molar-refractivity contribution in [1.82, 2.24) is 9.88 Å². The number of anilines is 1. The van der Waals surface area contributed by atoms with Crippen molar-refractivity contribution in [2.45, 2.75) is 38.9 Å². The van der Waals surface area contributed by atoms with Crippen LogP contribution in [0.3, 0.4) is 0 Å². The topological polar surface area (TPSA) is 63.7 Å². The van der Waals surface area contributed by atoms with Crippen LogP contribution in [0.1, 0.15) is 27.7 Å². The molecule has 1 fully saturated rings. The Hall–Kier alpha value is -1.60. The third kappa shape index (κ3) is 3.19. The second-order valence-electron chi connectivity index (χ2n) is 6.39. The number of aromatic nitrogens is 1. The van der Waals surface area contributed by atoms with Gasteiger partial charge in [0.05, 0.1) is 11.2 Å². The smallest absolute Gasteiger partial charge is 0.399 e. The number of rotatable bonds is 2. The molecule has 7 heteroatoms. The Labute approximate surface area is 126 Å². The molecule has 0 atom stereocenters. The van der Waals surface area contributed by atoms with Crippen molar-refractivity contribution in [3.05, 3.63) is 18.3 Å². The number of hydrogen-bond donors (Lipinski definition) is 1. The van der Waals surface area contributed by atoms with Gasteiger partial charge >= 0.3 is 13.1 Å². The minimum absolute atomic E-state index is 0.228. The fourth-order valence-electron chi connectivity index (χ4n) is 1.86. The molecule has 0 unspecified atom stereocenters. The Bertz CT molecular complexity index is 530. The van der Waals surface area contributed by atoms with Crippen LogP contribution in [0.15, 0.2) is 18.3 Å². The number of nitrogens with one attached hydrogen (secondary N) is 1. The molecule has 2 amide bonds. The predicted octanol–water partition coefficient (Wildman–Crippen LogP) is 1.47. The average Bonchev–Trinajstić information content (AvgIpc) is 2.58. The molecule has 6 nitrogen and oxygen atoms in total. The van der Waals surface area contributed by atoms with E-state index in [1.165, 1.54) is 4.90 Å². The van der Waals surface area contributed by atoms with E-state index in [0.29, 0.717) is 5.82 Å². The standard InChI is InChI=1S/C14H22BN3O3/c1-13(2)14(3,4)21-15(20-13)10-7-8-16-11(9-10)17-12(19)18(5)6/h7-9H,1-6H3,(H,16,17,19). The summed E-state index contributed by atoms with van der Waals surface area (Å²) in [6.45, 7) is 8.01. The first-order valence-electron chi connectivity index (χ1n) is 6.92. The molecule has 1 aliphatic rings. The minimum Gasteiger partial charge on any atom is -0.399 e. The van der Waals surface area contributed by atoms with E-state index in [2.05, 4.69) is 10.3 Å². The number of pyridine rings is 1. The van der Waals surface area contributed by atoms with Gasteiger partial charge in [0.15, 0.2) is 0 Å².